The number of thioether (sulfide) groups is 1. The van der Waals surface area contributed by atoms with Crippen molar-refractivity contribution in [3.8, 4) is 5.75 Å². The van der Waals surface area contributed by atoms with E-state index in [2.05, 4.69) is 5.32 Å². The predicted molar refractivity (Wildman–Crippen MR) is 67.1 cm³/mol. The van der Waals surface area contributed by atoms with E-state index in [0.717, 1.165) is 5.56 Å². The fraction of sp³-hybridized carbons (Fsp3) is 0.417. The number of rotatable bonds is 2. The summed E-state index contributed by atoms with van der Waals surface area (Å²) in [6.07, 6.45) is 0. The Labute approximate surface area is 104 Å². The summed E-state index contributed by atoms with van der Waals surface area (Å²) in [5.41, 5.74) is 0.731. The minimum absolute atomic E-state index is 0.188. The molecule has 3 N–H and O–H groups in total. The quantitative estimate of drug-likeness (QED) is 0.751. The Kier molecular flexibility index (Phi) is 3.05. The summed E-state index contributed by atoms with van der Waals surface area (Å²) in [4.78, 5) is 11.1. The van der Waals surface area contributed by atoms with Crippen molar-refractivity contribution in [1.82, 2.24) is 5.32 Å². The minimum Gasteiger partial charge on any atom is -0.508 e. The highest BCUT2D eigenvalue weighted by Crippen LogP contribution is 2.47. The van der Waals surface area contributed by atoms with Gasteiger partial charge in [-0.1, -0.05) is 18.2 Å². The molecule has 0 bridgehead atoms. The molecule has 0 saturated carbocycles. The maximum absolute atomic E-state index is 11.1. The van der Waals surface area contributed by atoms with Crippen LogP contribution in [0.3, 0.4) is 0 Å². The molecular weight excluding hydrogens is 238 g/mol. The Hall–Kier alpha value is -1.20. The first kappa shape index (κ1) is 12.3. The number of hydrogen-bond donors (Lipinski definition) is 3. The molecule has 1 heterocycles. The predicted octanol–water partition coefficient (Wildman–Crippen LogP) is 1.96. The second-order valence-corrected chi connectivity index (χ2v) is 6.36. The molecule has 1 aliphatic rings. The molecule has 0 radical (unpaired) electrons. The average molecular weight is 253 g/mol. The van der Waals surface area contributed by atoms with Crippen LogP contribution in [0.2, 0.25) is 0 Å². The largest absolute Gasteiger partial charge is 0.508 e. The zero-order valence-electron chi connectivity index (χ0n) is 9.68. The normalized spacial score (nSPS) is 26.9. The van der Waals surface area contributed by atoms with Gasteiger partial charge in [0.2, 0.25) is 0 Å². The van der Waals surface area contributed by atoms with Crippen molar-refractivity contribution < 1.29 is 15.0 Å². The van der Waals surface area contributed by atoms with Gasteiger partial charge in [-0.2, -0.15) is 0 Å². The van der Waals surface area contributed by atoms with E-state index >= 15 is 0 Å². The van der Waals surface area contributed by atoms with E-state index in [1.54, 1.807) is 18.2 Å². The van der Waals surface area contributed by atoms with E-state index in [9.17, 15) is 9.90 Å². The number of para-hydroxylation sites is 1. The zero-order valence-corrected chi connectivity index (χ0v) is 10.5. The lowest BCUT2D eigenvalue weighted by atomic mass is 10.0. The Morgan fingerprint density at radius 2 is 2.06 bits per heavy atom. The first-order chi connectivity index (χ1) is 7.92. The summed E-state index contributed by atoms with van der Waals surface area (Å²) < 4.78 is -0.404. The van der Waals surface area contributed by atoms with Gasteiger partial charge in [-0.25, -0.2) is 0 Å². The summed E-state index contributed by atoms with van der Waals surface area (Å²) in [5.74, 6) is -0.667. The van der Waals surface area contributed by atoms with Gasteiger partial charge in [0.25, 0.3) is 0 Å². The first-order valence-electron chi connectivity index (χ1n) is 5.36. The molecular formula is C12H15NO3S. The number of benzene rings is 1. The molecule has 5 heteroatoms. The maximum Gasteiger partial charge on any atom is 0.322 e. The number of carboxylic acid groups (broad SMARTS) is 1. The van der Waals surface area contributed by atoms with Crippen molar-refractivity contribution >= 4 is 17.7 Å². The van der Waals surface area contributed by atoms with Crippen molar-refractivity contribution in [2.45, 2.75) is 30.0 Å². The Morgan fingerprint density at radius 1 is 1.41 bits per heavy atom. The molecule has 2 rings (SSSR count). The topological polar surface area (TPSA) is 69.6 Å². The molecule has 0 amide bonds. The Bertz CT molecular complexity index is 447. The third kappa shape index (κ3) is 2.25. The van der Waals surface area contributed by atoms with Crippen LogP contribution in [0.1, 0.15) is 24.8 Å². The van der Waals surface area contributed by atoms with Gasteiger partial charge in [0.05, 0.1) is 5.37 Å². The van der Waals surface area contributed by atoms with Gasteiger partial charge in [0.15, 0.2) is 0 Å². The SMILES string of the molecule is CC1(C)S[C@H](c2ccccc2O)N[C@@H]1C(=O)O. The van der Waals surface area contributed by atoms with Crippen LogP contribution in [-0.2, 0) is 4.79 Å². The molecule has 0 spiro atoms. The second-order valence-electron chi connectivity index (χ2n) is 4.60. The van der Waals surface area contributed by atoms with Gasteiger partial charge in [0, 0.05) is 10.3 Å². The van der Waals surface area contributed by atoms with E-state index in [0.29, 0.717) is 0 Å². The molecule has 1 aromatic carbocycles. The fourth-order valence-electron chi connectivity index (χ4n) is 1.99. The Balaban J connectivity index is 2.28. The van der Waals surface area contributed by atoms with E-state index < -0.39 is 16.8 Å². The van der Waals surface area contributed by atoms with Crippen molar-refractivity contribution in [3.05, 3.63) is 29.8 Å². The van der Waals surface area contributed by atoms with E-state index in [1.165, 1.54) is 11.8 Å². The van der Waals surface area contributed by atoms with Crippen molar-refractivity contribution in [3.63, 3.8) is 0 Å². The minimum atomic E-state index is -0.861. The standard InChI is InChI=1S/C12H15NO3S/c1-12(2)9(11(15)16)13-10(17-12)7-5-3-4-6-8(7)14/h3-6,9-10,13-14H,1-2H3,(H,15,16)/t9-,10-/m1/s1. The van der Waals surface area contributed by atoms with Crippen LogP contribution in [0.25, 0.3) is 0 Å². The summed E-state index contributed by atoms with van der Waals surface area (Å²) in [7, 11) is 0. The first-order valence-corrected chi connectivity index (χ1v) is 6.24. The monoisotopic (exact) mass is 253 g/mol. The van der Waals surface area contributed by atoms with Crippen LogP contribution in [0.15, 0.2) is 24.3 Å². The van der Waals surface area contributed by atoms with Gasteiger partial charge in [0.1, 0.15) is 11.8 Å². The summed E-state index contributed by atoms with van der Waals surface area (Å²) in [6.45, 7) is 3.78. The van der Waals surface area contributed by atoms with Crippen LogP contribution in [-0.4, -0.2) is 27.0 Å². The highest BCUT2D eigenvalue weighted by Gasteiger charge is 2.46. The zero-order chi connectivity index (χ0) is 12.6. The molecule has 1 fully saturated rings. The third-order valence-electron chi connectivity index (χ3n) is 2.90. The molecule has 0 aliphatic carbocycles. The number of hydrogen-bond acceptors (Lipinski definition) is 4. The van der Waals surface area contributed by atoms with Crippen LogP contribution in [0.5, 0.6) is 5.75 Å². The molecule has 1 aliphatic heterocycles. The van der Waals surface area contributed by atoms with E-state index in [4.69, 9.17) is 5.11 Å². The number of phenols is 1. The highest BCUT2D eigenvalue weighted by atomic mass is 32.2. The lowest BCUT2D eigenvalue weighted by Crippen LogP contribution is -2.43. The molecule has 1 saturated heterocycles. The van der Waals surface area contributed by atoms with Crippen LogP contribution in [0, 0.1) is 0 Å². The number of aromatic hydroxyl groups is 1. The molecule has 17 heavy (non-hydrogen) atoms. The number of phenolic OH excluding ortho intramolecular Hbond substituents is 1. The summed E-state index contributed by atoms with van der Waals surface area (Å²) in [6, 6.07) is 6.38. The van der Waals surface area contributed by atoms with Gasteiger partial charge >= 0.3 is 5.97 Å². The molecule has 4 nitrogen and oxygen atoms in total. The van der Waals surface area contributed by atoms with Crippen molar-refractivity contribution in [1.29, 1.82) is 0 Å². The van der Waals surface area contributed by atoms with Crippen molar-refractivity contribution in [2.24, 2.45) is 0 Å². The average Bonchev–Trinajstić information content (AvgIpc) is 2.55. The fourth-order valence-corrected chi connectivity index (χ4v) is 3.43. The van der Waals surface area contributed by atoms with Gasteiger partial charge in [-0.3, -0.25) is 10.1 Å². The molecule has 0 aromatic heterocycles. The lowest BCUT2D eigenvalue weighted by Gasteiger charge is -2.20. The van der Waals surface area contributed by atoms with E-state index in [-0.39, 0.29) is 11.1 Å². The van der Waals surface area contributed by atoms with Gasteiger partial charge < -0.3 is 10.2 Å². The summed E-state index contributed by atoms with van der Waals surface area (Å²) >= 11 is 1.52. The van der Waals surface area contributed by atoms with Crippen LogP contribution < -0.4 is 5.32 Å². The highest BCUT2D eigenvalue weighted by molar-refractivity contribution is 8.01. The van der Waals surface area contributed by atoms with Crippen LogP contribution >= 0.6 is 11.8 Å². The number of carbonyl (C=O) groups is 1. The molecule has 1 aromatic rings. The lowest BCUT2D eigenvalue weighted by molar-refractivity contribution is -0.139. The van der Waals surface area contributed by atoms with E-state index in [1.807, 2.05) is 19.9 Å². The second kappa shape index (κ2) is 4.23. The van der Waals surface area contributed by atoms with Crippen LogP contribution in [0.4, 0.5) is 0 Å². The van der Waals surface area contributed by atoms with Crippen molar-refractivity contribution in [2.75, 3.05) is 0 Å². The molecule has 0 unspecified atom stereocenters. The number of carboxylic acids is 1. The Morgan fingerprint density at radius 3 is 2.59 bits per heavy atom. The molecule has 2 atom stereocenters. The smallest absolute Gasteiger partial charge is 0.322 e. The number of aliphatic carboxylic acids is 1. The van der Waals surface area contributed by atoms with Gasteiger partial charge in [-0.15, -0.1) is 11.8 Å². The summed E-state index contributed by atoms with van der Waals surface area (Å²) in [5, 5.41) is 21.8. The number of nitrogens with one attached hydrogen (secondary N) is 1. The maximum atomic E-state index is 11.1. The van der Waals surface area contributed by atoms with Gasteiger partial charge in [-0.05, 0) is 19.9 Å². The molecule has 92 valence electrons. The third-order valence-corrected chi connectivity index (χ3v) is 4.37.